The minimum Gasteiger partial charge on any atom is -0.373 e. The van der Waals surface area contributed by atoms with Gasteiger partial charge < -0.3 is 4.74 Å². The molecular weight excluding hydrogens is 128 g/mol. The van der Waals surface area contributed by atoms with Gasteiger partial charge in [-0.1, -0.05) is 6.92 Å². The molecular formula is C8H14O2. The van der Waals surface area contributed by atoms with Crippen molar-refractivity contribution >= 4 is 5.78 Å². The summed E-state index contributed by atoms with van der Waals surface area (Å²) in [6.07, 6.45) is 2.86. The van der Waals surface area contributed by atoms with Crippen LogP contribution in [0.1, 0.15) is 26.2 Å². The SMILES string of the molecule is CCC(=O)C(OC)C1CC1. The molecule has 1 atom stereocenters. The Morgan fingerprint density at radius 2 is 2.30 bits per heavy atom. The fraction of sp³-hybridized carbons (Fsp3) is 0.875. The molecule has 0 aromatic carbocycles. The fourth-order valence-corrected chi connectivity index (χ4v) is 1.19. The summed E-state index contributed by atoms with van der Waals surface area (Å²) in [4.78, 5) is 11.1. The normalized spacial score (nSPS) is 20.6. The van der Waals surface area contributed by atoms with Crippen LogP contribution >= 0.6 is 0 Å². The zero-order valence-electron chi connectivity index (χ0n) is 6.59. The average Bonchev–Trinajstić information content (AvgIpc) is 2.73. The lowest BCUT2D eigenvalue weighted by atomic mass is 10.1. The van der Waals surface area contributed by atoms with Gasteiger partial charge in [-0.3, -0.25) is 4.79 Å². The Labute approximate surface area is 61.6 Å². The Balaban J connectivity index is 2.38. The number of carbonyl (C=O) groups excluding carboxylic acids is 1. The molecule has 1 rings (SSSR count). The number of methoxy groups -OCH3 is 1. The Morgan fingerprint density at radius 1 is 1.70 bits per heavy atom. The number of hydrogen-bond acceptors (Lipinski definition) is 2. The van der Waals surface area contributed by atoms with E-state index < -0.39 is 0 Å². The van der Waals surface area contributed by atoms with E-state index in [4.69, 9.17) is 4.74 Å². The van der Waals surface area contributed by atoms with Gasteiger partial charge in [0, 0.05) is 13.5 Å². The highest BCUT2D eigenvalue weighted by atomic mass is 16.5. The zero-order chi connectivity index (χ0) is 7.56. The number of ketones is 1. The van der Waals surface area contributed by atoms with Crippen LogP contribution in [0.2, 0.25) is 0 Å². The summed E-state index contributed by atoms with van der Waals surface area (Å²) in [5.74, 6) is 0.794. The van der Waals surface area contributed by atoms with E-state index in [1.807, 2.05) is 6.92 Å². The van der Waals surface area contributed by atoms with Crippen LogP contribution < -0.4 is 0 Å². The molecule has 1 saturated carbocycles. The molecule has 0 aromatic rings. The molecule has 58 valence electrons. The molecule has 2 nitrogen and oxygen atoms in total. The minimum absolute atomic E-state index is 0.0926. The summed E-state index contributed by atoms with van der Waals surface area (Å²) in [5, 5.41) is 0. The van der Waals surface area contributed by atoms with Gasteiger partial charge in [-0.05, 0) is 18.8 Å². The molecule has 0 aliphatic heterocycles. The maximum Gasteiger partial charge on any atom is 0.161 e. The molecule has 0 amide bonds. The van der Waals surface area contributed by atoms with Crippen LogP contribution in [0.3, 0.4) is 0 Å². The van der Waals surface area contributed by atoms with Gasteiger partial charge in [0.05, 0.1) is 0 Å². The van der Waals surface area contributed by atoms with Gasteiger partial charge in [-0.15, -0.1) is 0 Å². The van der Waals surface area contributed by atoms with E-state index in [-0.39, 0.29) is 11.9 Å². The van der Waals surface area contributed by atoms with E-state index in [0.717, 1.165) is 0 Å². The van der Waals surface area contributed by atoms with Crippen molar-refractivity contribution in [2.75, 3.05) is 7.11 Å². The molecule has 0 radical (unpaired) electrons. The highest BCUT2D eigenvalue weighted by molar-refractivity contribution is 5.83. The predicted octanol–water partition coefficient (Wildman–Crippen LogP) is 1.39. The van der Waals surface area contributed by atoms with Crippen molar-refractivity contribution in [1.82, 2.24) is 0 Å². The van der Waals surface area contributed by atoms with Crippen molar-refractivity contribution < 1.29 is 9.53 Å². The molecule has 1 unspecified atom stereocenters. The second-order valence-corrected chi connectivity index (χ2v) is 2.81. The average molecular weight is 142 g/mol. The molecule has 0 aromatic heterocycles. The molecule has 0 saturated heterocycles. The molecule has 10 heavy (non-hydrogen) atoms. The smallest absolute Gasteiger partial charge is 0.161 e. The molecule has 0 heterocycles. The molecule has 0 N–H and O–H groups in total. The first kappa shape index (κ1) is 7.73. The third-order valence-corrected chi connectivity index (χ3v) is 1.97. The van der Waals surface area contributed by atoms with Gasteiger partial charge >= 0.3 is 0 Å². The van der Waals surface area contributed by atoms with E-state index in [2.05, 4.69) is 0 Å². The summed E-state index contributed by atoms with van der Waals surface area (Å²) >= 11 is 0. The highest BCUT2D eigenvalue weighted by Gasteiger charge is 2.34. The summed E-state index contributed by atoms with van der Waals surface area (Å²) in [6.45, 7) is 1.89. The van der Waals surface area contributed by atoms with Crippen LogP contribution in [0, 0.1) is 5.92 Å². The molecule has 0 spiro atoms. The van der Waals surface area contributed by atoms with Gasteiger partial charge in [-0.2, -0.15) is 0 Å². The third kappa shape index (κ3) is 1.57. The molecule has 1 aliphatic carbocycles. The van der Waals surface area contributed by atoms with Gasteiger partial charge in [0.2, 0.25) is 0 Å². The standard InChI is InChI=1S/C8H14O2/c1-3-7(9)8(10-2)6-4-5-6/h6,8H,3-5H2,1-2H3. The fourth-order valence-electron chi connectivity index (χ4n) is 1.19. The van der Waals surface area contributed by atoms with E-state index in [1.165, 1.54) is 12.8 Å². The lowest BCUT2D eigenvalue weighted by Gasteiger charge is -2.10. The van der Waals surface area contributed by atoms with Crippen molar-refractivity contribution in [3.63, 3.8) is 0 Å². The van der Waals surface area contributed by atoms with Crippen molar-refractivity contribution in [2.24, 2.45) is 5.92 Å². The summed E-state index contributed by atoms with van der Waals surface area (Å²) < 4.78 is 5.08. The second kappa shape index (κ2) is 3.15. The third-order valence-electron chi connectivity index (χ3n) is 1.97. The van der Waals surface area contributed by atoms with E-state index in [0.29, 0.717) is 12.3 Å². The first-order chi connectivity index (χ1) is 4.79. The van der Waals surface area contributed by atoms with Crippen molar-refractivity contribution in [3.05, 3.63) is 0 Å². The number of rotatable bonds is 4. The molecule has 0 bridgehead atoms. The maximum atomic E-state index is 11.1. The van der Waals surface area contributed by atoms with Gasteiger partial charge in [-0.25, -0.2) is 0 Å². The Kier molecular flexibility index (Phi) is 2.44. The topological polar surface area (TPSA) is 26.3 Å². The quantitative estimate of drug-likeness (QED) is 0.593. The number of hydrogen-bond donors (Lipinski definition) is 0. The van der Waals surface area contributed by atoms with Crippen LogP contribution in [0.4, 0.5) is 0 Å². The van der Waals surface area contributed by atoms with Crippen LogP contribution in [0.5, 0.6) is 0 Å². The highest BCUT2D eigenvalue weighted by Crippen LogP contribution is 2.34. The van der Waals surface area contributed by atoms with E-state index in [1.54, 1.807) is 7.11 Å². The number of carbonyl (C=O) groups is 1. The zero-order valence-corrected chi connectivity index (χ0v) is 6.59. The summed E-state index contributed by atoms with van der Waals surface area (Å²) in [6, 6.07) is 0. The minimum atomic E-state index is -0.0926. The van der Waals surface area contributed by atoms with Gasteiger partial charge in [0.1, 0.15) is 6.10 Å². The largest absolute Gasteiger partial charge is 0.373 e. The van der Waals surface area contributed by atoms with Crippen LogP contribution in [-0.2, 0) is 9.53 Å². The molecule has 2 heteroatoms. The number of Topliss-reactive ketones (excluding diaryl/α,β-unsaturated/α-hetero) is 1. The van der Waals surface area contributed by atoms with E-state index in [9.17, 15) is 4.79 Å². The summed E-state index contributed by atoms with van der Waals surface area (Å²) in [7, 11) is 1.62. The van der Waals surface area contributed by atoms with Gasteiger partial charge in [0.15, 0.2) is 5.78 Å². The second-order valence-electron chi connectivity index (χ2n) is 2.81. The van der Waals surface area contributed by atoms with Crippen molar-refractivity contribution in [2.45, 2.75) is 32.3 Å². The lowest BCUT2D eigenvalue weighted by Crippen LogP contribution is -2.24. The monoisotopic (exact) mass is 142 g/mol. The first-order valence-electron chi connectivity index (χ1n) is 3.85. The van der Waals surface area contributed by atoms with Crippen molar-refractivity contribution in [3.8, 4) is 0 Å². The van der Waals surface area contributed by atoms with E-state index >= 15 is 0 Å². The Morgan fingerprint density at radius 3 is 2.60 bits per heavy atom. The maximum absolute atomic E-state index is 11.1. The predicted molar refractivity (Wildman–Crippen MR) is 38.8 cm³/mol. The lowest BCUT2D eigenvalue weighted by molar-refractivity contribution is -0.129. The Bertz CT molecular complexity index is 127. The number of ether oxygens (including phenoxy) is 1. The van der Waals surface area contributed by atoms with Crippen LogP contribution in [-0.4, -0.2) is 19.0 Å². The van der Waals surface area contributed by atoms with Gasteiger partial charge in [0.25, 0.3) is 0 Å². The van der Waals surface area contributed by atoms with Crippen LogP contribution in [0.25, 0.3) is 0 Å². The first-order valence-corrected chi connectivity index (χ1v) is 3.85. The summed E-state index contributed by atoms with van der Waals surface area (Å²) in [5.41, 5.74) is 0. The molecule has 1 fully saturated rings. The van der Waals surface area contributed by atoms with Crippen LogP contribution in [0.15, 0.2) is 0 Å². The molecule has 1 aliphatic rings. The van der Waals surface area contributed by atoms with Crippen molar-refractivity contribution in [1.29, 1.82) is 0 Å². The Hall–Kier alpha value is -0.370.